The maximum Gasteiger partial charge on any atom is 0.161 e. The summed E-state index contributed by atoms with van der Waals surface area (Å²) in [6, 6.07) is 5.98. The first-order valence-corrected chi connectivity index (χ1v) is 7.94. The summed E-state index contributed by atoms with van der Waals surface area (Å²) in [5, 5.41) is 3.40. The number of ether oxygens (including phenoxy) is 2. The predicted molar refractivity (Wildman–Crippen MR) is 77.4 cm³/mol. The molecule has 0 saturated carbocycles. The Kier molecular flexibility index (Phi) is 4.82. The van der Waals surface area contributed by atoms with Crippen LogP contribution in [0.3, 0.4) is 0 Å². The van der Waals surface area contributed by atoms with Crippen molar-refractivity contribution in [3.05, 3.63) is 23.8 Å². The van der Waals surface area contributed by atoms with E-state index in [9.17, 15) is 4.21 Å². The summed E-state index contributed by atoms with van der Waals surface area (Å²) in [6.45, 7) is 5.14. The fraction of sp³-hybridized carbons (Fsp3) is 0.571. The van der Waals surface area contributed by atoms with Gasteiger partial charge in [0.05, 0.1) is 0 Å². The molecule has 19 heavy (non-hydrogen) atoms. The van der Waals surface area contributed by atoms with Crippen LogP contribution in [0.15, 0.2) is 18.2 Å². The molecule has 1 aliphatic rings. The number of fused-ring (bicyclic) bond motifs is 1. The molecule has 0 bridgehead atoms. The topological polar surface area (TPSA) is 47.6 Å². The first-order chi connectivity index (χ1) is 9.11. The Morgan fingerprint density at radius 1 is 1.26 bits per heavy atom. The zero-order chi connectivity index (χ0) is 13.8. The molecule has 1 aliphatic heterocycles. The highest BCUT2D eigenvalue weighted by molar-refractivity contribution is 7.85. The fourth-order valence-electron chi connectivity index (χ4n) is 1.98. The average molecular weight is 283 g/mol. The van der Waals surface area contributed by atoms with Crippen molar-refractivity contribution in [3.63, 3.8) is 0 Å². The van der Waals surface area contributed by atoms with Crippen LogP contribution in [0.5, 0.6) is 11.5 Å². The van der Waals surface area contributed by atoms with E-state index in [1.807, 2.05) is 39.1 Å². The molecule has 2 rings (SSSR count). The Bertz CT molecular complexity index is 462. The summed E-state index contributed by atoms with van der Waals surface area (Å²) in [5.41, 5.74) is 1.08. The van der Waals surface area contributed by atoms with Gasteiger partial charge < -0.3 is 14.8 Å². The van der Waals surface area contributed by atoms with Crippen LogP contribution in [0.1, 0.15) is 25.5 Å². The molecule has 0 amide bonds. The Balaban J connectivity index is 2.16. The molecule has 0 aromatic heterocycles. The minimum atomic E-state index is -0.838. The van der Waals surface area contributed by atoms with Gasteiger partial charge in [0.15, 0.2) is 11.5 Å². The second-order valence-electron chi connectivity index (χ2n) is 4.84. The third kappa shape index (κ3) is 3.48. The highest BCUT2D eigenvalue weighted by Crippen LogP contribution is 2.32. The molecule has 4 nitrogen and oxygen atoms in total. The van der Waals surface area contributed by atoms with E-state index in [1.54, 1.807) is 0 Å². The molecule has 1 heterocycles. The molecule has 2 unspecified atom stereocenters. The molecule has 106 valence electrons. The number of benzene rings is 1. The van der Waals surface area contributed by atoms with E-state index < -0.39 is 10.8 Å². The summed E-state index contributed by atoms with van der Waals surface area (Å²) >= 11 is 0. The van der Waals surface area contributed by atoms with Crippen LogP contribution in [-0.2, 0) is 10.8 Å². The van der Waals surface area contributed by atoms with E-state index in [2.05, 4.69) is 5.32 Å². The standard InChI is InChI=1S/C14H21NO3S/c1-10(2)19(16)9-12(15-3)11-4-5-13-14(8-11)18-7-6-17-13/h4-5,8,10,12,15H,6-7,9H2,1-3H3. The van der Waals surface area contributed by atoms with Gasteiger partial charge in [-0.15, -0.1) is 0 Å². The molecule has 1 N–H and O–H groups in total. The zero-order valence-corrected chi connectivity index (χ0v) is 12.5. The van der Waals surface area contributed by atoms with Crippen LogP contribution in [-0.4, -0.2) is 35.5 Å². The number of hydrogen-bond acceptors (Lipinski definition) is 4. The Morgan fingerprint density at radius 3 is 2.58 bits per heavy atom. The molecule has 1 aromatic carbocycles. The van der Waals surface area contributed by atoms with Crippen molar-refractivity contribution in [1.29, 1.82) is 0 Å². The normalized spacial score (nSPS) is 17.3. The van der Waals surface area contributed by atoms with Gasteiger partial charge in [-0.3, -0.25) is 4.21 Å². The van der Waals surface area contributed by atoms with E-state index in [0.717, 1.165) is 17.1 Å². The van der Waals surface area contributed by atoms with Gasteiger partial charge in [-0.2, -0.15) is 0 Å². The van der Waals surface area contributed by atoms with E-state index in [0.29, 0.717) is 19.0 Å². The Hall–Kier alpha value is -1.07. The Labute approximate surface area is 116 Å². The monoisotopic (exact) mass is 283 g/mol. The fourth-order valence-corrected chi connectivity index (χ4v) is 3.05. The second-order valence-corrected chi connectivity index (χ2v) is 6.88. The van der Waals surface area contributed by atoms with Gasteiger partial charge in [-0.1, -0.05) is 19.9 Å². The first-order valence-electron chi connectivity index (χ1n) is 6.55. The van der Waals surface area contributed by atoms with Crippen molar-refractivity contribution in [1.82, 2.24) is 5.32 Å². The summed E-state index contributed by atoms with van der Waals surface area (Å²) in [4.78, 5) is 0. The lowest BCUT2D eigenvalue weighted by Crippen LogP contribution is -2.26. The second kappa shape index (κ2) is 6.39. The lowest BCUT2D eigenvalue weighted by molar-refractivity contribution is 0.171. The van der Waals surface area contributed by atoms with Crippen LogP contribution in [0.4, 0.5) is 0 Å². The molecule has 2 atom stereocenters. The molecule has 0 saturated heterocycles. The van der Waals surface area contributed by atoms with Crippen molar-refractivity contribution in [2.45, 2.75) is 25.1 Å². The van der Waals surface area contributed by atoms with Crippen molar-refractivity contribution >= 4 is 10.8 Å². The quantitative estimate of drug-likeness (QED) is 0.896. The average Bonchev–Trinajstić information content (AvgIpc) is 2.43. The third-order valence-corrected chi connectivity index (χ3v) is 4.89. The third-order valence-electron chi connectivity index (χ3n) is 3.17. The van der Waals surface area contributed by atoms with Crippen LogP contribution in [0, 0.1) is 0 Å². The van der Waals surface area contributed by atoms with E-state index in [4.69, 9.17) is 9.47 Å². The van der Waals surface area contributed by atoms with E-state index in [1.165, 1.54) is 0 Å². The molecule has 5 heteroatoms. The smallest absolute Gasteiger partial charge is 0.161 e. The maximum atomic E-state index is 12.0. The summed E-state index contributed by atoms with van der Waals surface area (Å²) in [7, 11) is 1.05. The predicted octanol–water partition coefficient (Wildman–Crippen LogP) is 1.88. The maximum absolute atomic E-state index is 12.0. The van der Waals surface area contributed by atoms with E-state index >= 15 is 0 Å². The van der Waals surface area contributed by atoms with Gasteiger partial charge in [0, 0.05) is 27.8 Å². The lowest BCUT2D eigenvalue weighted by atomic mass is 10.1. The molecular weight excluding hydrogens is 262 g/mol. The van der Waals surface area contributed by atoms with Crippen molar-refractivity contribution < 1.29 is 13.7 Å². The van der Waals surface area contributed by atoms with Crippen LogP contribution >= 0.6 is 0 Å². The van der Waals surface area contributed by atoms with Gasteiger partial charge in [0.2, 0.25) is 0 Å². The van der Waals surface area contributed by atoms with E-state index in [-0.39, 0.29) is 11.3 Å². The largest absolute Gasteiger partial charge is 0.486 e. The van der Waals surface area contributed by atoms with Crippen LogP contribution in [0.2, 0.25) is 0 Å². The molecular formula is C14H21NO3S. The lowest BCUT2D eigenvalue weighted by Gasteiger charge is -2.22. The van der Waals surface area contributed by atoms with Crippen molar-refractivity contribution in [2.75, 3.05) is 26.0 Å². The van der Waals surface area contributed by atoms with Gasteiger partial charge in [0.25, 0.3) is 0 Å². The highest BCUT2D eigenvalue weighted by atomic mass is 32.2. The van der Waals surface area contributed by atoms with Gasteiger partial charge in [-0.25, -0.2) is 0 Å². The van der Waals surface area contributed by atoms with Gasteiger partial charge in [-0.05, 0) is 24.7 Å². The molecule has 0 aliphatic carbocycles. The molecule has 0 fully saturated rings. The summed E-state index contributed by atoms with van der Waals surface area (Å²) in [6.07, 6.45) is 0. The molecule has 0 spiro atoms. The van der Waals surface area contributed by atoms with Crippen molar-refractivity contribution in [2.24, 2.45) is 0 Å². The summed E-state index contributed by atoms with van der Waals surface area (Å²) in [5.74, 6) is 2.17. The SMILES string of the molecule is CNC(CS(=O)C(C)C)c1ccc2c(c1)OCCO2. The number of nitrogens with one attached hydrogen (secondary N) is 1. The minimum Gasteiger partial charge on any atom is -0.486 e. The highest BCUT2D eigenvalue weighted by Gasteiger charge is 2.18. The minimum absolute atomic E-state index is 0.0686. The Morgan fingerprint density at radius 2 is 1.95 bits per heavy atom. The number of rotatable bonds is 5. The zero-order valence-electron chi connectivity index (χ0n) is 11.6. The van der Waals surface area contributed by atoms with Crippen molar-refractivity contribution in [3.8, 4) is 11.5 Å². The van der Waals surface area contributed by atoms with Gasteiger partial charge >= 0.3 is 0 Å². The van der Waals surface area contributed by atoms with Crippen LogP contribution < -0.4 is 14.8 Å². The summed E-state index contributed by atoms with van der Waals surface area (Å²) < 4.78 is 23.1. The molecule has 1 aromatic rings. The van der Waals surface area contributed by atoms with Gasteiger partial charge in [0.1, 0.15) is 13.2 Å². The van der Waals surface area contributed by atoms with Crippen LogP contribution in [0.25, 0.3) is 0 Å². The number of hydrogen-bond donors (Lipinski definition) is 1. The first kappa shape index (κ1) is 14.3. The molecule has 0 radical (unpaired) electrons.